The first-order chi connectivity index (χ1) is 10.9. The summed E-state index contributed by atoms with van der Waals surface area (Å²) in [6.07, 6.45) is 0. The normalized spacial score (nSPS) is 9.64. The number of nitrogens with zero attached hydrogens (tertiary/aromatic N) is 1. The summed E-state index contributed by atoms with van der Waals surface area (Å²) >= 11 is 0. The van der Waals surface area contributed by atoms with E-state index in [1.165, 1.54) is 0 Å². The molecule has 0 saturated carbocycles. The Bertz CT molecular complexity index is 713. The second kappa shape index (κ2) is 7.15. The molecule has 3 rings (SSSR count). The number of hydrogen-bond donors (Lipinski definition) is 0. The van der Waals surface area contributed by atoms with Crippen LogP contribution in [0.4, 0.5) is 11.4 Å². The van der Waals surface area contributed by atoms with Gasteiger partial charge in [0.05, 0.1) is 6.54 Å². The van der Waals surface area contributed by atoms with E-state index in [-0.39, 0.29) is 0 Å². The van der Waals surface area contributed by atoms with Crippen LogP contribution in [-0.2, 0) is 0 Å². The van der Waals surface area contributed by atoms with E-state index in [1.807, 2.05) is 42.5 Å². The van der Waals surface area contributed by atoms with Gasteiger partial charge in [-0.15, -0.1) is 0 Å². The summed E-state index contributed by atoms with van der Waals surface area (Å²) in [4.78, 5) is 2.22. The zero-order chi connectivity index (χ0) is 15.0. The lowest BCUT2D eigenvalue weighted by Crippen LogP contribution is -2.16. The molecule has 1 heteroatoms. The van der Waals surface area contributed by atoms with Gasteiger partial charge in [-0.3, -0.25) is 0 Å². The highest BCUT2D eigenvalue weighted by atomic mass is 15.1. The Morgan fingerprint density at radius 1 is 0.591 bits per heavy atom. The number of rotatable bonds is 3. The maximum Gasteiger partial charge on any atom is 0.0847 e. The average molecular weight is 283 g/mol. The van der Waals surface area contributed by atoms with E-state index >= 15 is 0 Å². The second-order valence-corrected chi connectivity index (χ2v) is 4.93. The highest BCUT2D eigenvalue weighted by molar-refractivity contribution is 5.64. The van der Waals surface area contributed by atoms with Crippen molar-refractivity contribution in [2.24, 2.45) is 0 Å². The molecule has 0 aromatic heterocycles. The molecule has 1 nitrogen and oxygen atoms in total. The van der Waals surface area contributed by atoms with Gasteiger partial charge >= 0.3 is 0 Å². The minimum absolute atomic E-state index is 0.656. The van der Waals surface area contributed by atoms with Crippen LogP contribution >= 0.6 is 0 Å². The maximum atomic E-state index is 3.27. The van der Waals surface area contributed by atoms with E-state index in [1.54, 1.807) is 0 Å². The first-order valence-corrected chi connectivity index (χ1v) is 7.35. The lowest BCUT2D eigenvalue weighted by Gasteiger charge is -2.22. The average Bonchev–Trinajstić information content (AvgIpc) is 2.61. The molecule has 22 heavy (non-hydrogen) atoms. The largest absolute Gasteiger partial charge is 0.330 e. The first-order valence-electron chi connectivity index (χ1n) is 7.35. The van der Waals surface area contributed by atoms with Crippen LogP contribution in [0.25, 0.3) is 0 Å². The fourth-order valence-corrected chi connectivity index (χ4v) is 2.29. The van der Waals surface area contributed by atoms with Gasteiger partial charge in [-0.2, -0.15) is 0 Å². The Morgan fingerprint density at radius 2 is 1.05 bits per heavy atom. The summed E-state index contributed by atoms with van der Waals surface area (Å²) in [5, 5.41) is 0. The van der Waals surface area contributed by atoms with Crippen molar-refractivity contribution >= 4 is 11.4 Å². The van der Waals surface area contributed by atoms with Crippen molar-refractivity contribution in [1.82, 2.24) is 0 Å². The maximum absolute atomic E-state index is 3.27. The van der Waals surface area contributed by atoms with Gasteiger partial charge in [-0.1, -0.05) is 66.4 Å². The highest BCUT2D eigenvalue weighted by Gasteiger charge is 2.06. The minimum atomic E-state index is 0.656. The van der Waals surface area contributed by atoms with Gasteiger partial charge in [0.1, 0.15) is 0 Å². The summed E-state index contributed by atoms with van der Waals surface area (Å²) in [6.45, 7) is 0.656. The molecule has 0 heterocycles. The smallest absolute Gasteiger partial charge is 0.0847 e. The summed E-state index contributed by atoms with van der Waals surface area (Å²) in [7, 11) is 0. The van der Waals surface area contributed by atoms with E-state index in [0.29, 0.717) is 6.54 Å². The van der Waals surface area contributed by atoms with E-state index < -0.39 is 0 Å². The molecule has 0 bridgehead atoms. The number of anilines is 2. The molecule has 106 valence electrons. The topological polar surface area (TPSA) is 3.24 Å². The van der Waals surface area contributed by atoms with Gasteiger partial charge in [0, 0.05) is 16.9 Å². The van der Waals surface area contributed by atoms with Crippen LogP contribution in [0.3, 0.4) is 0 Å². The summed E-state index contributed by atoms with van der Waals surface area (Å²) in [5.41, 5.74) is 3.34. The SMILES string of the molecule is C(#Cc1ccccc1)CN(c1ccccc1)c1ccccc1. The predicted molar refractivity (Wildman–Crippen MR) is 93.2 cm³/mol. The zero-order valence-electron chi connectivity index (χ0n) is 12.3. The Hall–Kier alpha value is -2.98. The van der Waals surface area contributed by atoms with Crippen LogP contribution in [0.1, 0.15) is 5.56 Å². The van der Waals surface area contributed by atoms with Crippen molar-refractivity contribution in [2.45, 2.75) is 0 Å². The number of para-hydroxylation sites is 2. The monoisotopic (exact) mass is 283 g/mol. The van der Waals surface area contributed by atoms with Crippen LogP contribution in [-0.4, -0.2) is 6.54 Å². The van der Waals surface area contributed by atoms with Crippen molar-refractivity contribution < 1.29 is 0 Å². The molecule has 0 atom stereocenters. The molecule has 0 fully saturated rings. The molecule has 0 saturated heterocycles. The molecule has 0 aliphatic heterocycles. The number of hydrogen-bond acceptors (Lipinski definition) is 1. The first kappa shape index (κ1) is 14.0. The predicted octanol–water partition coefficient (Wildman–Crippen LogP) is 4.88. The molecule has 0 N–H and O–H groups in total. The number of benzene rings is 3. The van der Waals surface area contributed by atoms with Gasteiger partial charge < -0.3 is 4.90 Å². The lowest BCUT2D eigenvalue weighted by atomic mass is 10.2. The third kappa shape index (κ3) is 3.56. The van der Waals surface area contributed by atoms with E-state index in [4.69, 9.17) is 0 Å². The fraction of sp³-hybridized carbons (Fsp3) is 0.0476. The minimum Gasteiger partial charge on any atom is -0.330 e. The fourth-order valence-electron chi connectivity index (χ4n) is 2.29. The van der Waals surface area contributed by atoms with Crippen LogP contribution in [0, 0.1) is 11.8 Å². The standard InChI is InChI=1S/C21H17N/c1-4-11-19(12-5-1)13-10-18-22(20-14-6-2-7-15-20)21-16-8-3-9-17-21/h1-9,11-12,14-17H,18H2. The second-order valence-electron chi connectivity index (χ2n) is 4.93. The lowest BCUT2D eigenvalue weighted by molar-refractivity contribution is 1.12. The van der Waals surface area contributed by atoms with E-state index in [9.17, 15) is 0 Å². The van der Waals surface area contributed by atoms with Crippen LogP contribution in [0.15, 0.2) is 91.0 Å². The summed E-state index contributed by atoms with van der Waals surface area (Å²) < 4.78 is 0. The third-order valence-corrected chi connectivity index (χ3v) is 3.38. The van der Waals surface area contributed by atoms with Crippen LogP contribution in [0.5, 0.6) is 0 Å². The van der Waals surface area contributed by atoms with Crippen molar-refractivity contribution in [3.63, 3.8) is 0 Å². The van der Waals surface area contributed by atoms with Crippen molar-refractivity contribution in [2.75, 3.05) is 11.4 Å². The highest BCUT2D eigenvalue weighted by Crippen LogP contribution is 2.23. The summed E-state index contributed by atoms with van der Waals surface area (Å²) in [6, 6.07) is 30.8. The van der Waals surface area contributed by atoms with Gasteiger partial charge in [-0.25, -0.2) is 0 Å². The molecule has 0 amide bonds. The van der Waals surface area contributed by atoms with Gasteiger partial charge in [0.2, 0.25) is 0 Å². The van der Waals surface area contributed by atoms with E-state index in [2.05, 4.69) is 65.3 Å². The van der Waals surface area contributed by atoms with Crippen LogP contribution in [0.2, 0.25) is 0 Å². The van der Waals surface area contributed by atoms with Crippen molar-refractivity contribution in [3.8, 4) is 11.8 Å². The van der Waals surface area contributed by atoms with Gasteiger partial charge in [0.15, 0.2) is 0 Å². The Kier molecular flexibility index (Phi) is 4.54. The third-order valence-electron chi connectivity index (χ3n) is 3.38. The van der Waals surface area contributed by atoms with Gasteiger partial charge in [0.25, 0.3) is 0 Å². The molecule has 0 aliphatic carbocycles. The molecule has 0 unspecified atom stereocenters. The molecule has 3 aromatic rings. The molecule has 0 radical (unpaired) electrons. The molecular formula is C21H17N. The molecular weight excluding hydrogens is 266 g/mol. The Morgan fingerprint density at radius 3 is 1.55 bits per heavy atom. The zero-order valence-corrected chi connectivity index (χ0v) is 12.3. The summed E-state index contributed by atoms with van der Waals surface area (Å²) in [5.74, 6) is 6.50. The van der Waals surface area contributed by atoms with Crippen molar-refractivity contribution in [1.29, 1.82) is 0 Å². The van der Waals surface area contributed by atoms with Gasteiger partial charge in [-0.05, 0) is 36.4 Å². The Labute approximate surface area is 131 Å². The van der Waals surface area contributed by atoms with Crippen molar-refractivity contribution in [3.05, 3.63) is 96.6 Å². The Balaban J connectivity index is 1.86. The van der Waals surface area contributed by atoms with E-state index in [0.717, 1.165) is 16.9 Å². The quantitative estimate of drug-likeness (QED) is 0.619. The molecule has 0 spiro atoms. The molecule has 0 aliphatic rings. The van der Waals surface area contributed by atoms with Crippen LogP contribution < -0.4 is 4.90 Å². The molecule has 3 aromatic carbocycles.